The first-order valence-electron chi connectivity index (χ1n) is 6.70. The first kappa shape index (κ1) is 13.6. The number of aromatic amines is 1. The fraction of sp³-hybridized carbons (Fsp3) is 0.125. The summed E-state index contributed by atoms with van der Waals surface area (Å²) < 4.78 is 2.51. The zero-order valence-electron chi connectivity index (χ0n) is 11.9. The van der Waals surface area contributed by atoms with Crippen molar-refractivity contribution < 1.29 is 0 Å². The van der Waals surface area contributed by atoms with E-state index in [0.717, 1.165) is 17.3 Å². The second-order valence-electron chi connectivity index (χ2n) is 4.85. The predicted molar refractivity (Wildman–Crippen MR) is 88.0 cm³/mol. The normalized spacial score (nSPS) is 10.6. The highest BCUT2D eigenvalue weighted by Gasteiger charge is 2.15. The number of hydrogen-bond acceptors (Lipinski definition) is 3. The minimum atomic E-state index is 0.580. The van der Waals surface area contributed by atoms with E-state index in [1.54, 1.807) is 0 Å². The molecule has 3 aromatic rings. The largest absolute Gasteiger partial charge is 0.313 e. The summed E-state index contributed by atoms with van der Waals surface area (Å²) in [6.45, 7) is 2.08. The van der Waals surface area contributed by atoms with Crippen LogP contribution in [0.5, 0.6) is 0 Å². The fourth-order valence-corrected chi connectivity index (χ4v) is 2.60. The molecule has 0 saturated carbocycles. The summed E-state index contributed by atoms with van der Waals surface area (Å²) >= 11 is 5.38. The molecule has 1 heterocycles. The topological polar surface area (TPSA) is 36.9 Å². The molecular weight excluding hydrogens is 280 g/mol. The maximum atomic E-state index is 5.38. The molecule has 106 valence electrons. The lowest BCUT2D eigenvalue weighted by molar-refractivity contribution is 0.974. The van der Waals surface area contributed by atoms with Crippen LogP contribution in [0.3, 0.4) is 0 Å². The summed E-state index contributed by atoms with van der Waals surface area (Å²) in [6.07, 6.45) is 0. The molecular formula is C16H16N4S. The van der Waals surface area contributed by atoms with Crippen LogP contribution in [0, 0.1) is 11.7 Å². The van der Waals surface area contributed by atoms with Gasteiger partial charge in [-0.2, -0.15) is 0 Å². The smallest absolute Gasteiger partial charge is 0.234 e. The van der Waals surface area contributed by atoms with Crippen molar-refractivity contribution in [3.63, 3.8) is 0 Å². The number of nitrogens with one attached hydrogen (secondary N) is 1. The van der Waals surface area contributed by atoms with Crippen LogP contribution in [0.25, 0.3) is 5.69 Å². The number of anilines is 2. The Bertz CT molecular complexity index is 804. The summed E-state index contributed by atoms with van der Waals surface area (Å²) in [4.78, 5) is 2.04. The van der Waals surface area contributed by atoms with Crippen LogP contribution in [0.1, 0.15) is 5.56 Å². The molecule has 0 radical (unpaired) electrons. The van der Waals surface area contributed by atoms with Crippen molar-refractivity contribution in [3.8, 4) is 5.69 Å². The SMILES string of the molecule is Cc1ccccc1N(C)c1n[nH]c(=S)n1-c1ccccc1. The van der Waals surface area contributed by atoms with Crippen LogP contribution in [-0.2, 0) is 0 Å². The Morgan fingerprint density at radius 2 is 1.71 bits per heavy atom. The average Bonchev–Trinajstić information content (AvgIpc) is 2.90. The van der Waals surface area contributed by atoms with Crippen LogP contribution in [0.4, 0.5) is 11.6 Å². The van der Waals surface area contributed by atoms with Gasteiger partial charge in [-0.1, -0.05) is 36.4 Å². The monoisotopic (exact) mass is 296 g/mol. The van der Waals surface area contributed by atoms with Crippen molar-refractivity contribution in [2.75, 3.05) is 11.9 Å². The molecule has 0 aliphatic heterocycles. The van der Waals surface area contributed by atoms with Gasteiger partial charge in [-0.05, 0) is 42.9 Å². The van der Waals surface area contributed by atoms with Gasteiger partial charge in [0.2, 0.25) is 10.7 Å². The maximum Gasteiger partial charge on any atom is 0.234 e. The van der Waals surface area contributed by atoms with E-state index in [2.05, 4.69) is 29.3 Å². The maximum absolute atomic E-state index is 5.38. The van der Waals surface area contributed by atoms with E-state index in [1.807, 2.05) is 59.0 Å². The molecule has 0 amide bonds. The van der Waals surface area contributed by atoms with Gasteiger partial charge in [0.05, 0.1) is 5.69 Å². The molecule has 5 heteroatoms. The zero-order valence-corrected chi connectivity index (χ0v) is 12.8. The highest BCUT2D eigenvalue weighted by atomic mass is 32.1. The molecule has 0 aliphatic carbocycles. The van der Waals surface area contributed by atoms with Crippen LogP contribution in [0.2, 0.25) is 0 Å². The molecule has 0 fully saturated rings. The van der Waals surface area contributed by atoms with Crippen LogP contribution in [0.15, 0.2) is 54.6 Å². The Kier molecular flexibility index (Phi) is 3.58. The molecule has 21 heavy (non-hydrogen) atoms. The summed E-state index contributed by atoms with van der Waals surface area (Å²) in [5, 5.41) is 7.26. The van der Waals surface area contributed by atoms with Gasteiger partial charge in [0.15, 0.2) is 0 Å². The van der Waals surface area contributed by atoms with Gasteiger partial charge in [0, 0.05) is 12.7 Å². The van der Waals surface area contributed by atoms with Gasteiger partial charge in [0.25, 0.3) is 0 Å². The Hall–Kier alpha value is -2.40. The number of hydrogen-bond donors (Lipinski definition) is 1. The molecule has 0 unspecified atom stereocenters. The summed E-state index contributed by atoms with van der Waals surface area (Å²) in [5.41, 5.74) is 3.28. The van der Waals surface area contributed by atoms with Crippen molar-refractivity contribution in [1.29, 1.82) is 0 Å². The van der Waals surface area contributed by atoms with Gasteiger partial charge in [-0.25, -0.2) is 5.10 Å². The number of rotatable bonds is 3. The van der Waals surface area contributed by atoms with Gasteiger partial charge in [0.1, 0.15) is 0 Å². The molecule has 0 saturated heterocycles. The van der Waals surface area contributed by atoms with Crippen LogP contribution in [-0.4, -0.2) is 21.8 Å². The molecule has 3 rings (SSSR count). The number of H-pyrrole nitrogens is 1. The average molecular weight is 296 g/mol. The van der Waals surface area contributed by atoms with Gasteiger partial charge >= 0.3 is 0 Å². The Morgan fingerprint density at radius 3 is 2.43 bits per heavy atom. The quantitative estimate of drug-likeness (QED) is 0.742. The molecule has 0 spiro atoms. The summed E-state index contributed by atoms with van der Waals surface area (Å²) in [5.74, 6) is 0.764. The number of benzene rings is 2. The number of nitrogens with zero attached hydrogens (tertiary/aromatic N) is 3. The molecule has 0 bridgehead atoms. The summed E-state index contributed by atoms with van der Waals surface area (Å²) in [6, 6.07) is 18.2. The highest BCUT2D eigenvalue weighted by molar-refractivity contribution is 7.71. The lowest BCUT2D eigenvalue weighted by Gasteiger charge is -2.20. The molecule has 0 aliphatic rings. The molecule has 0 atom stereocenters. The van der Waals surface area contributed by atoms with Gasteiger partial charge in [-0.3, -0.25) is 4.57 Å². The van der Waals surface area contributed by atoms with Gasteiger partial charge < -0.3 is 4.90 Å². The second-order valence-corrected chi connectivity index (χ2v) is 5.23. The zero-order chi connectivity index (χ0) is 14.8. The van der Waals surface area contributed by atoms with E-state index in [-0.39, 0.29) is 0 Å². The third-order valence-corrected chi connectivity index (χ3v) is 3.72. The minimum absolute atomic E-state index is 0.580. The Morgan fingerprint density at radius 1 is 1.05 bits per heavy atom. The van der Waals surface area contributed by atoms with Crippen LogP contribution >= 0.6 is 12.2 Å². The second kappa shape index (κ2) is 5.54. The third kappa shape index (κ3) is 2.48. The minimum Gasteiger partial charge on any atom is -0.313 e. The number of aromatic nitrogens is 3. The van der Waals surface area contributed by atoms with E-state index >= 15 is 0 Å². The molecule has 2 aromatic carbocycles. The Balaban J connectivity index is 2.13. The van der Waals surface area contributed by atoms with Crippen LogP contribution < -0.4 is 4.90 Å². The Labute approximate surface area is 128 Å². The van der Waals surface area contributed by atoms with Crippen molar-refractivity contribution in [3.05, 3.63) is 64.9 Å². The van der Waals surface area contributed by atoms with E-state index in [0.29, 0.717) is 4.77 Å². The standard InChI is InChI=1S/C16H16N4S/c1-12-8-6-7-11-14(12)19(2)15-17-18-16(21)20(15)13-9-4-3-5-10-13/h3-11H,1-2H3,(H,18,21). The van der Waals surface area contributed by atoms with E-state index in [4.69, 9.17) is 12.2 Å². The first-order chi connectivity index (χ1) is 10.2. The predicted octanol–water partition coefficient (Wildman–Crippen LogP) is 4.01. The van der Waals surface area contributed by atoms with E-state index in [9.17, 15) is 0 Å². The van der Waals surface area contributed by atoms with E-state index in [1.165, 1.54) is 5.56 Å². The number of para-hydroxylation sites is 2. The lowest BCUT2D eigenvalue weighted by Crippen LogP contribution is -2.16. The van der Waals surface area contributed by atoms with Gasteiger partial charge in [-0.15, -0.1) is 5.10 Å². The van der Waals surface area contributed by atoms with Crippen molar-refractivity contribution >= 4 is 23.9 Å². The van der Waals surface area contributed by atoms with Crippen molar-refractivity contribution in [2.45, 2.75) is 6.92 Å². The molecule has 4 nitrogen and oxygen atoms in total. The number of aryl methyl sites for hydroxylation is 1. The first-order valence-corrected chi connectivity index (χ1v) is 7.11. The highest BCUT2D eigenvalue weighted by Crippen LogP contribution is 2.26. The molecule has 1 aromatic heterocycles. The van der Waals surface area contributed by atoms with E-state index < -0.39 is 0 Å². The van der Waals surface area contributed by atoms with Crippen molar-refractivity contribution in [1.82, 2.24) is 14.8 Å². The van der Waals surface area contributed by atoms with Crippen molar-refractivity contribution in [2.24, 2.45) is 0 Å². The third-order valence-electron chi connectivity index (χ3n) is 3.45. The molecule has 1 N–H and O–H groups in total. The fourth-order valence-electron chi connectivity index (χ4n) is 2.37. The lowest BCUT2D eigenvalue weighted by atomic mass is 10.2. The summed E-state index contributed by atoms with van der Waals surface area (Å²) in [7, 11) is 1.99.